The molecule has 6 heteroatoms. The lowest BCUT2D eigenvalue weighted by Crippen LogP contribution is -2.46. The quantitative estimate of drug-likeness (QED) is 0.0328. The Morgan fingerprint density at radius 2 is 0.925 bits per heavy atom. The lowest BCUT2D eigenvalue weighted by molar-refractivity contribution is -0.151. The van der Waals surface area contributed by atoms with E-state index in [1.54, 1.807) is 0 Å². The van der Waals surface area contributed by atoms with Gasteiger partial charge >= 0.3 is 5.97 Å². The molecule has 314 valence electrons. The van der Waals surface area contributed by atoms with Gasteiger partial charge in [-0.2, -0.15) is 0 Å². The minimum absolute atomic E-state index is 0.0725. The summed E-state index contributed by atoms with van der Waals surface area (Å²) in [6, 6.07) is -0.697. The fraction of sp³-hybridized carbons (Fsp3) is 0.915. The maximum absolute atomic E-state index is 13.1. The largest absolute Gasteiger partial charge is 0.462 e. The molecule has 0 saturated heterocycles. The number of unbranched alkanes of at least 4 members (excludes halogenated alkanes) is 28. The van der Waals surface area contributed by atoms with E-state index in [2.05, 4.69) is 38.2 Å². The summed E-state index contributed by atoms with van der Waals surface area (Å²) in [7, 11) is 0. The highest BCUT2D eigenvalue weighted by Crippen LogP contribution is 2.18. The Morgan fingerprint density at radius 1 is 0.528 bits per heavy atom. The van der Waals surface area contributed by atoms with Gasteiger partial charge < -0.3 is 20.3 Å². The van der Waals surface area contributed by atoms with Crippen LogP contribution in [0.3, 0.4) is 0 Å². The standard InChI is InChI=1S/C47H91NO5/c1-4-7-10-13-16-19-21-23-24-27-30-33-36-39-45(50)44(42-49)48-46(51)41-43(38-35-32-29-26-18-15-12-9-6-3)53-47(52)40-37-34-31-28-25-22-20-17-14-11-8-5-2/h15,18,43-45,49-50H,4-14,16-17,19-42H2,1-3H3,(H,48,51)/b18-15-. The van der Waals surface area contributed by atoms with Crippen LogP contribution >= 0.6 is 0 Å². The first-order valence-corrected chi connectivity index (χ1v) is 23.4. The van der Waals surface area contributed by atoms with Crippen LogP contribution in [0.2, 0.25) is 0 Å². The van der Waals surface area contributed by atoms with E-state index in [1.165, 1.54) is 141 Å². The van der Waals surface area contributed by atoms with Crippen molar-refractivity contribution in [3.63, 3.8) is 0 Å². The number of amides is 1. The van der Waals surface area contributed by atoms with Crippen molar-refractivity contribution in [3.05, 3.63) is 12.2 Å². The monoisotopic (exact) mass is 750 g/mol. The number of carbonyl (C=O) groups excluding carboxylic acids is 2. The highest BCUT2D eigenvalue weighted by atomic mass is 16.5. The van der Waals surface area contributed by atoms with E-state index in [0.29, 0.717) is 19.3 Å². The Kier molecular flexibility index (Phi) is 40.7. The molecule has 0 rings (SSSR count). The predicted octanol–water partition coefficient (Wildman–Crippen LogP) is 13.4. The number of hydrogen-bond acceptors (Lipinski definition) is 5. The molecular formula is C47H91NO5. The van der Waals surface area contributed by atoms with Gasteiger partial charge in [-0.15, -0.1) is 0 Å². The molecule has 3 N–H and O–H groups in total. The van der Waals surface area contributed by atoms with E-state index in [4.69, 9.17) is 4.74 Å². The summed E-state index contributed by atoms with van der Waals surface area (Å²) < 4.78 is 5.88. The molecule has 53 heavy (non-hydrogen) atoms. The van der Waals surface area contributed by atoms with Gasteiger partial charge in [-0.05, 0) is 44.9 Å². The molecule has 0 heterocycles. The van der Waals surface area contributed by atoms with Gasteiger partial charge in [-0.25, -0.2) is 0 Å². The van der Waals surface area contributed by atoms with Gasteiger partial charge in [0.15, 0.2) is 0 Å². The summed E-state index contributed by atoms with van der Waals surface area (Å²) in [5.74, 6) is -0.481. The maximum Gasteiger partial charge on any atom is 0.306 e. The van der Waals surface area contributed by atoms with Crippen LogP contribution in [0.25, 0.3) is 0 Å². The van der Waals surface area contributed by atoms with Crippen LogP contribution in [0.5, 0.6) is 0 Å². The summed E-state index contributed by atoms with van der Waals surface area (Å²) >= 11 is 0. The predicted molar refractivity (Wildman–Crippen MR) is 227 cm³/mol. The van der Waals surface area contributed by atoms with Crippen molar-refractivity contribution in [1.29, 1.82) is 0 Å². The Balaban J connectivity index is 4.49. The summed E-state index contributed by atoms with van der Waals surface area (Å²) in [4.78, 5) is 25.9. The zero-order valence-corrected chi connectivity index (χ0v) is 35.7. The smallest absolute Gasteiger partial charge is 0.306 e. The molecule has 1 amide bonds. The van der Waals surface area contributed by atoms with Crippen LogP contribution in [-0.4, -0.2) is 46.9 Å². The first-order chi connectivity index (χ1) is 26.0. The Bertz CT molecular complexity index is 802. The molecule has 0 aromatic carbocycles. The second-order valence-corrected chi connectivity index (χ2v) is 16.2. The number of nitrogens with one attached hydrogen (secondary N) is 1. The van der Waals surface area contributed by atoms with E-state index in [1.807, 2.05) is 0 Å². The number of rotatable bonds is 42. The van der Waals surface area contributed by atoms with E-state index < -0.39 is 18.2 Å². The van der Waals surface area contributed by atoms with Crippen molar-refractivity contribution in [2.24, 2.45) is 0 Å². The van der Waals surface area contributed by atoms with Crippen molar-refractivity contribution >= 4 is 11.9 Å². The number of allylic oxidation sites excluding steroid dienone is 2. The molecule has 0 aromatic heterocycles. The molecule has 0 aliphatic heterocycles. The van der Waals surface area contributed by atoms with Crippen molar-refractivity contribution in [2.45, 2.75) is 270 Å². The molecule has 3 unspecified atom stereocenters. The Labute approximate surface area is 329 Å². The molecule has 0 fully saturated rings. The highest BCUT2D eigenvalue weighted by molar-refractivity contribution is 5.77. The number of hydrogen-bond donors (Lipinski definition) is 3. The van der Waals surface area contributed by atoms with Crippen molar-refractivity contribution in [1.82, 2.24) is 5.32 Å². The number of esters is 1. The average molecular weight is 750 g/mol. The van der Waals surface area contributed by atoms with Crippen LogP contribution < -0.4 is 5.32 Å². The third-order valence-electron chi connectivity index (χ3n) is 10.8. The Morgan fingerprint density at radius 3 is 1.40 bits per heavy atom. The molecular weight excluding hydrogens is 659 g/mol. The van der Waals surface area contributed by atoms with E-state index in [9.17, 15) is 19.8 Å². The molecule has 6 nitrogen and oxygen atoms in total. The summed E-state index contributed by atoms with van der Waals surface area (Å²) in [5.41, 5.74) is 0. The van der Waals surface area contributed by atoms with Gasteiger partial charge in [0.25, 0.3) is 0 Å². The number of aliphatic hydroxyl groups is 2. The lowest BCUT2D eigenvalue weighted by atomic mass is 10.0. The van der Waals surface area contributed by atoms with Gasteiger partial charge in [-0.3, -0.25) is 9.59 Å². The van der Waals surface area contributed by atoms with Gasteiger partial charge in [0, 0.05) is 6.42 Å². The molecule has 3 atom stereocenters. The summed E-state index contributed by atoms with van der Waals surface area (Å²) in [5, 5.41) is 23.6. The second-order valence-electron chi connectivity index (χ2n) is 16.2. The van der Waals surface area contributed by atoms with Crippen LogP contribution in [-0.2, 0) is 14.3 Å². The average Bonchev–Trinajstić information content (AvgIpc) is 3.15. The number of ether oxygens (including phenoxy) is 1. The van der Waals surface area contributed by atoms with Gasteiger partial charge in [0.05, 0.1) is 25.2 Å². The van der Waals surface area contributed by atoms with Crippen LogP contribution in [0, 0.1) is 0 Å². The lowest BCUT2D eigenvalue weighted by Gasteiger charge is -2.24. The van der Waals surface area contributed by atoms with Crippen LogP contribution in [0.15, 0.2) is 12.2 Å². The SMILES string of the molecule is CCCC/C=C\CCCCCC(CC(=O)NC(CO)C(O)CCCCCCCCCCCCCCC)OC(=O)CCCCCCCCCCCCCC. The molecule has 0 spiro atoms. The molecule has 0 aliphatic rings. The summed E-state index contributed by atoms with van der Waals surface area (Å²) in [6.45, 7) is 6.43. The summed E-state index contributed by atoms with van der Waals surface area (Å²) in [6.07, 6.45) is 44.1. The first-order valence-electron chi connectivity index (χ1n) is 23.4. The van der Waals surface area contributed by atoms with Crippen molar-refractivity contribution < 1.29 is 24.5 Å². The van der Waals surface area contributed by atoms with Crippen molar-refractivity contribution in [2.75, 3.05) is 6.61 Å². The topological polar surface area (TPSA) is 95.9 Å². The van der Waals surface area contributed by atoms with Crippen molar-refractivity contribution in [3.8, 4) is 0 Å². The molecule has 0 bridgehead atoms. The third kappa shape index (κ3) is 37.3. The van der Waals surface area contributed by atoms with Crippen LogP contribution in [0.1, 0.15) is 252 Å². The molecule has 0 radical (unpaired) electrons. The van der Waals surface area contributed by atoms with E-state index >= 15 is 0 Å². The van der Waals surface area contributed by atoms with Crippen LogP contribution in [0.4, 0.5) is 0 Å². The zero-order chi connectivity index (χ0) is 38.9. The molecule has 0 aromatic rings. The Hall–Kier alpha value is -1.40. The first kappa shape index (κ1) is 51.6. The number of aliphatic hydroxyl groups excluding tert-OH is 2. The van der Waals surface area contributed by atoms with Gasteiger partial charge in [0.1, 0.15) is 6.10 Å². The normalized spacial score (nSPS) is 13.4. The number of carbonyl (C=O) groups is 2. The maximum atomic E-state index is 13.1. The molecule has 0 saturated carbocycles. The minimum Gasteiger partial charge on any atom is -0.462 e. The fourth-order valence-electron chi connectivity index (χ4n) is 7.23. The van der Waals surface area contributed by atoms with E-state index in [0.717, 1.165) is 64.2 Å². The van der Waals surface area contributed by atoms with E-state index in [-0.39, 0.29) is 24.9 Å². The zero-order valence-electron chi connectivity index (χ0n) is 35.7. The fourth-order valence-corrected chi connectivity index (χ4v) is 7.23. The van der Waals surface area contributed by atoms with Gasteiger partial charge in [-0.1, -0.05) is 206 Å². The minimum atomic E-state index is -0.783. The van der Waals surface area contributed by atoms with Gasteiger partial charge in [0.2, 0.25) is 5.91 Å². The third-order valence-corrected chi connectivity index (χ3v) is 10.8. The molecule has 0 aliphatic carbocycles. The highest BCUT2D eigenvalue weighted by Gasteiger charge is 2.24. The second kappa shape index (κ2) is 41.8.